The standard InChI is InChI=1S/C20H22BrNO3.CO2/c1-13-9-15(11-16(21)10-13)19(24)22-17-8-6-5-7-14(17)12-18(23)25-20(2,3)4;2-1-3/h5-11H,12H2,1-4H3,(H,22,24);. The maximum Gasteiger partial charge on any atom is 0.373 e. The summed E-state index contributed by atoms with van der Waals surface area (Å²) in [6.45, 7) is 7.41. The van der Waals surface area contributed by atoms with Crippen LogP contribution in [0.25, 0.3) is 0 Å². The first kappa shape index (κ1) is 23.3. The van der Waals surface area contributed by atoms with Gasteiger partial charge in [-0.1, -0.05) is 34.1 Å². The molecule has 1 amide bonds. The van der Waals surface area contributed by atoms with Crippen molar-refractivity contribution in [2.24, 2.45) is 0 Å². The minimum Gasteiger partial charge on any atom is -0.460 e. The Labute approximate surface area is 172 Å². The molecule has 0 atom stereocenters. The number of anilines is 1. The number of rotatable bonds is 4. The number of aryl methyl sites for hydroxylation is 1. The summed E-state index contributed by atoms with van der Waals surface area (Å²) in [6.07, 6.45) is 0.352. The first-order valence-electron chi connectivity index (χ1n) is 8.43. The van der Waals surface area contributed by atoms with Gasteiger partial charge in [-0.2, -0.15) is 9.59 Å². The van der Waals surface area contributed by atoms with Crippen molar-refractivity contribution in [3.8, 4) is 0 Å². The smallest absolute Gasteiger partial charge is 0.373 e. The molecule has 0 heterocycles. The Hall–Kier alpha value is -2.76. The molecule has 0 aliphatic carbocycles. The summed E-state index contributed by atoms with van der Waals surface area (Å²) >= 11 is 3.40. The SMILES string of the molecule is Cc1cc(Br)cc(C(=O)Nc2ccccc2CC(=O)OC(C)(C)C)c1.O=C=O. The van der Waals surface area contributed by atoms with E-state index in [-0.39, 0.29) is 24.4 Å². The molecule has 2 rings (SSSR count). The summed E-state index contributed by atoms with van der Waals surface area (Å²) in [7, 11) is 0. The van der Waals surface area contributed by atoms with Crippen LogP contribution in [0.5, 0.6) is 0 Å². The molecule has 28 heavy (non-hydrogen) atoms. The van der Waals surface area contributed by atoms with Crippen molar-refractivity contribution >= 4 is 39.6 Å². The number of hydrogen-bond acceptors (Lipinski definition) is 5. The summed E-state index contributed by atoms with van der Waals surface area (Å²) in [5, 5.41) is 2.88. The number of benzene rings is 2. The molecule has 0 fully saturated rings. The molecule has 0 aliphatic rings. The number of carbonyl (C=O) groups is 2. The minimum absolute atomic E-state index is 0.102. The highest BCUT2D eigenvalue weighted by molar-refractivity contribution is 9.10. The van der Waals surface area contributed by atoms with Gasteiger partial charge in [0.15, 0.2) is 0 Å². The molecule has 6 nitrogen and oxygen atoms in total. The van der Waals surface area contributed by atoms with Gasteiger partial charge < -0.3 is 10.1 Å². The lowest BCUT2D eigenvalue weighted by atomic mass is 10.1. The zero-order valence-electron chi connectivity index (χ0n) is 16.2. The van der Waals surface area contributed by atoms with Gasteiger partial charge in [0.25, 0.3) is 5.91 Å². The second-order valence-electron chi connectivity index (χ2n) is 6.98. The lowest BCUT2D eigenvalue weighted by Gasteiger charge is -2.20. The zero-order valence-corrected chi connectivity index (χ0v) is 17.8. The van der Waals surface area contributed by atoms with E-state index in [1.807, 2.05) is 58.0 Å². The van der Waals surface area contributed by atoms with E-state index < -0.39 is 5.60 Å². The topological polar surface area (TPSA) is 89.5 Å². The summed E-state index contributed by atoms with van der Waals surface area (Å²) in [5.74, 6) is -0.548. The van der Waals surface area contributed by atoms with Crippen LogP contribution < -0.4 is 5.32 Å². The molecule has 2 aromatic carbocycles. The Morgan fingerprint density at radius 1 is 1.11 bits per heavy atom. The largest absolute Gasteiger partial charge is 0.460 e. The van der Waals surface area contributed by atoms with Gasteiger partial charge in [0.2, 0.25) is 0 Å². The monoisotopic (exact) mass is 447 g/mol. The van der Waals surface area contributed by atoms with Crippen molar-refractivity contribution in [3.63, 3.8) is 0 Å². The summed E-state index contributed by atoms with van der Waals surface area (Å²) in [6, 6.07) is 12.8. The molecule has 0 aromatic heterocycles. The number of carbonyl (C=O) groups excluding carboxylic acids is 4. The summed E-state index contributed by atoms with van der Waals surface area (Å²) in [4.78, 5) is 40.9. The Bertz CT molecular complexity index is 860. The molecule has 0 spiro atoms. The number of esters is 1. The molecule has 0 unspecified atom stereocenters. The van der Waals surface area contributed by atoms with Crippen molar-refractivity contribution < 1.29 is 23.9 Å². The van der Waals surface area contributed by atoms with Gasteiger partial charge in [-0.25, -0.2) is 0 Å². The first-order valence-corrected chi connectivity index (χ1v) is 9.22. The third-order valence-electron chi connectivity index (χ3n) is 3.32. The number of amides is 1. The molecular weight excluding hydrogens is 426 g/mol. The van der Waals surface area contributed by atoms with E-state index in [0.29, 0.717) is 11.3 Å². The average Bonchev–Trinajstić information content (AvgIpc) is 2.54. The van der Waals surface area contributed by atoms with Gasteiger partial charge in [0.05, 0.1) is 6.42 Å². The molecule has 0 saturated heterocycles. The fraction of sp³-hybridized carbons (Fsp3) is 0.286. The quantitative estimate of drug-likeness (QED) is 0.705. The molecule has 0 aliphatic heterocycles. The van der Waals surface area contributed by atoms with E-state index in [2.05, 4.69) is 21.2 Å². The Morgan fingerprint density at radius 3 is 2.29 bits per heavy atom. The van der Waals surface area contributed by atoms with Gasteiger partial charge in [-0.3, -0.25) is 9.59 Å². The molecular formula is C21H22BrNO5. The molecule has 7 heteroatoms. The van der Waals surface area contributed by atoms with Crippen LogP contribution in [0, 0.1) is 6.92 Å². The van der Waals surface area contributed by atoms with Gasteiger partial charge >= 0.3 is 12.1 Å². The summed E-state index contributed by atoms with van der Waals surface area (Å²) in [5.41, 5.74) is 2.33. The van der Waals surface area contributed by atoms with Crippen LogP contribution in [0.15, 0.2) is 46.9 Å². The van der Waals surface area contributed by atoms with Crippen LogP contribution in [0.3, 0.4) is 0 Å². The van der Waals surface area contributed by atoms with Crippen LogP contribution in [0.1, 0.15) is 42.3 Å². The fourth-order valence-corrected chi connectivity index (χ4v) is 3.00. The van der Waals surface area contributed by atoms with E-state index in [1.165, 1.54) is 0 Å². The van der Waals surface area contributed by atoms with Crippen molar-refractivity contribution in [2.45, 2.75) is 39.7 Å². The van der Waals surface area contributed by atoms with Crippen molar-refractivity contribution in [1.29, 1.82) is 0 Å². The van der Waals surface area contributed by atoms with E-state index >= 15 is 0 Å². The molecule has 0 bridgehead atoms. The Kier molecular flexibility index (Phi) is 8.76. The fourth-order valence-electron chi connectivity index (χ4n) is 2.39. The maximum atomic E-state index is 12.5. The minimum atomic E-state index is -0.539. The second kappa shape index (κ2) is 10.5. The van der Waals surface area contributed by atoms with Crippen molar-refractivity contribution in [1.82, 2.24) is 0 Å². The third kappa shape index (κ3) is 8.29. The highest BCUT2D eigenvalue weighted by Crippen LogP contribution is 2.20. The predicted molar refractivity (Wildman–Crippen MR) is 108 cm³/mol. The van der Waals surface area contributed by atoms with Gasteiger partial charge in [0, 0.05) is 15.7 Å². The first-order chi connectivity index (χ1) is 13.1. The van der Waals surface area contributed by atoms with Crippen molar-refractivity contribution in [3.05, 3.63) is 63.6 Å². The zero-order chi connectivity index (χ0) is 21.3. The van der Waals surface area contributed by atoms with Crippen LogP contribution in [0.4, 0.5) is 5.69 Å². The number of para-hydroxylation sites is 1. The van der Waals surface area contributed by atoms with E-state index in [1.54, 1.807) is 12.1 Å². The number of nitrogens with one attached hydrogen (secondary N) is 1. The maximum absolute atomic E-state index is 12.5. The van der Waals surface area contributed by atoms with E-state index in [9.17, 15) is 9.59 Å². The number of hydrogen-bond donors (Lipinski definition) is 1. The summed E-state index contributed by atoms with van der Waals surface area (Å²) < 4.78 is 6.21. The van der Waals surface area contributed by atoms with E-state index in [4.69, 9.17) is 14.3 Å². The molecule has 2 aromatic rings. The normalized spacial score (nSPS) is 10.2. The average molecular weight is 448 g/mol. The molecule has 0 saturated carbocycles. The Morgan fingerprint density at radius 2 is 1.71 bits per heavy atom. The van der Waals surface area contributed by atoms with Crippen LogP contribution in [-0.4, -0.2) is 23.6 Å². The lowest BCUT2D eigenvalue weighted by Crippen LogP contribution is -2.25. The second-order valence-corrected chi connectivity index (χ2v) is 7.89. The molecule has 148 valence electrons. The predicted octanol–water partition coefficient (Wildman–Crippen LogP) is 4.31. The van der Waals surface area contributed by atoms with Gasteiger partial charge in [-0.15, -0.1) is 0 Å². The van der Waals surface area contributed by atoms with Crippen LogP contribution in [-0.2, 0) is 25.5 Å². The number of ether oxygens (including phenoxy) is 1. The highest BCUT2D eigenvalue weighted by atomic mass is 79.9. The third-order valence-corrected chi connectivity index (χ3v) is 3.78. The molecule has 1 N–H and O–H groups in total. The van der Waals surface area contributed by atoms with Gasteiger partial charge in [-0.05, 0) is 63.1 Å². The Balaban J connectivity index is 0.00000122. The number of halogens is 1. The van der Waals surface area contributed by atoms with Crippen LogP contribution >= 0.6 is 15.9 Å². The van der Waals surface area contributed by atoms with E-state index in [0.717, 1.165) is 15.6 Å². The lowest BCUT2D eigenvalue weighted by molar-refractivity contribution is -0.191. The van der Waals surface area contributed by atoms with Crippen LogP contribution in [0.2, 0.25) is 0 Å². The highest BCUT2D eigenvalue weighted by Gasteiger charge is 2.18. The van der Waals surface area contributed by atoms with Crippen molar-refractivity contribution in [2.75, 3.05) is 5.32 Å². The molecule has 0 radical (unpaired) electrons. The van der Waals surface area contributed by atoms with Gasteiger partial charge in [0.1, 0.15) is 5.60 Å².